The molecule has 0 atom stereocenters. The second-order valence-corrected chi connectivity index (χ2v) is 4.84. The third-order valence-corrected chi connectivity index (χ3v) is 3.02. The summed E-state index contributed by atoms with van der Waals surface area (Å²) in [5.74, 6) is -0.401. The maximum Gasteiger partial charge on any atom is 0.311 e. The molecule has 1 aromatic heterocycles. The van der Waals surface area contributed by atoms with E-state index < -0.39 is 5.97 Å². The lowest BCUT2D eigenvalue weighted by Gasteiger charge is -2.09. The van der Waals surface area contributed by atoms with Gasteiger partial charge in [0.15, 0.2) is 5.16 Å². The van der Waals surface area contributed by atoms with E-state index in [9.17, 15) is 14.4 Å². The van der Waals surface area contributed by atoms with E-state index in [2.05, 4.69) is 14.7 Å². The Morgan fingerprint density at radius 3 is 2.74 bits per heavy atom. The summed E-state index contributed by atoms with van der Waals surface area (Å²) in [5, 5.41) is 0.307. The minimum absolute atomic E-state index is 0.0738. The van der Waals surface area contributed by atoms with Gasteiger partial charge in [-0.3, -0.25) is 14.4 Å². The Morgan fingerprint density at radius 1 is 1.47 bits per heavy atom. The Kier molecular flexibility index (Phi) is 5.56. The predicted molar refractivity (Wildman–Crippen MR) is 70.0 cm³/mol. The smallest absolute Gasteiger partial charge is 0.311 e. The highest BCUT2D eigenvalue weighted by Crippen LogP contribution is 2.11. The van der Waals surface area contributed by atoms with Crippen LogP contribution in [0.1, 0.15) is 5.69 Å². The molecule has 0 aromatic carbocycles. The molecular weight excluding hydrogens is 270 g/mol. The summed E-state index contributed by atoms with van der Waals surface area (Å²) in [4.78, 5) is 42.0. The molecule has 0 aliphatic heterocycles. The van der Waals surface area contributed by atoms with Crippen LogP contribution in [0.3, 0.4) is 0 Å². The molecule has 1 N–H and O–H groups in total. The summed E-state index contributed by atoms with van der Waals surface area (Å²) >= 11 is 1.11. The first-order valence-corrected chi connectivity index (χ1v) is 6.41. The van der Waals surface area contributed by atoms with Gasteiger partial charge in [0.1, 0.15) is 0 Å². The summed E-state index contributed by atoms with van der Waals surface area (Å²) < 4.78 is 4.50. The monoisotopic (exact) mass is 285 g/mol. The summed E-state index contributed by atoms with van der Waals surface area (Å²) in [6.07, 6.45) is -0.0738. The number of rotatable bonds is 5. The predicted octanol–water partition coefficient (Wildman–Crippen LogP) is -0.334. The number of aromatic amines is 1. The fourth-order valence-electron chi connectivity index (χ4n) is 1.12. The van der Waals surface area contributed by atoms with E-state index in [-0.39, 0.29) is 23.6 Å². The number of amides is 1. The molecule has 8 heteroatoms. The number of aromatic nitrogens is 2. The molecule has 0 spiro atoms. The van der Waals surface area contributed by atoms with Gasteiger partial charge in [0, 0.05) is 20.2 Å². The molecule has 19 heavy (non-hydrogen) atoms. The number of hydrogen-bond donors (Lipinski definition) is 1. The van der Waals surface area contributed by atoms with Gasteiger partial charge in [-0.05, 0) is 0 Å². The number of nitrogens with zero attached hydrogens (tertiary/aromatic N) is 2. The van der Waals surface area contributed by atoms with Crippen LogP contribution in [0.2, 0.25) is 0 Å². The van der Waals surface area contributed by atoms with Crippen LogP contribution in [0.25, 0.3) is 0 Å². The number of thioether (sulfide) groups is 1. The first kappa shape index (κ1) is 15.2. The molecule has 0 saturated heterocycles. The van der Waals surface area contributed by atoms with Crippen LogP contribution in [0.4, 0.5) is 0 Å². The molecule has 104 valence electrons. The molecule has 7 nitrogen and oxygen atoms in total. The molecule has 0 bridgehead atoms. The van der Waals surface area contributed by atoms with Crippen LogP contribution in [-0.4, -0.2) is 53.7 Å². The van der Waals surface area contributed by atoms with Gasteiger partial charge in [0.05, 0.1) is 25.0 Å². The quantitative estimate of drug-likeness (QED) is 0.452. The molecule has 0 radical (unpaired) electrons. The highest BCUT2D eigenvalue weighted by molar-refractivity contribution is 7.99. The average Bonchev–Trinajstić information content (AvgIpc) is 2.34. The SMILES string of the molecule is COC(=O)Cc1cc(=O)[nH]c(SCC(=O)N(C)C)n1. The number of carbonyl (C=O) groups excluding carboxylic acids is 2. The molecular formula is C11H15N3O4S. The van der Waals surface area contributed by atoms with Gasteiger partial charge in [0.25, 0.3) is 5.56 Å². The Hall–Kier alpha value is -1.83. The Balaban J connectivity index is 2.76. The van der Waals surface area contributed by atoms with E-state index in [1.54, 1.807) is 14.1 Å². The fraction of sp³-hybridized carbons (Fsp3) is 0.455. The van der Waals surface area contributed by atoms with Crippen molar-refractivity contribution in [3.8, 4) is 0 Å². The molecule has 0 aliphatic rings. The first-order chi connectivity index (χ1) is 8.92. The van der Waals surface area contributed by atoms with Crippen molar-refractivity contribution in [1.29, 1.82) is 0 Å². The van der Waals surface area contributed by atoms with E-state index >= 15 is 0 Å². The van der Waals surface area contributed by atoms with Gasteiger partial charge in [0.2, 0.25) is 5.91 Å². The van der Waals surface area contributed by atoms with E-state index in [4.69, 9.17) is 0 Å². The zero-order chi connectivity index (χ0) is 14.4. The number of methoxy groups -OCH3 is 1. The van der Waals surface area contributed by atoms with Crippen LogP contribution < -0.4 is 5.56 Å². The third kappa shape index (κ3) is 5.12. The van der Waals surface area contributed by atoms with Crippen molar-refractivity contribution in [3.63, 3.8) is 0 Å². The van der Waals surface area contributed by atoms with Crippen molar-refractivity contribution in [1.82, 2.24) is 14.9 Å². The summed E-state index contributed by atoms with van der Waals surface area (Å²) in [7, 11) is 4.56. The lowest BCUT2D eigenvalue weighted by molar-refractivity contribution is -0.139. The second kappa shape index (κ2) is 6.93. The highest BCUT2D eigenvalue weighted by Gasteiger charge is 2.10. The standard InChI is InChI=1S/C11H15N3O4S/c1-14(2)9(16)6-19-11-12-7(4-8(15)13-11)5-10(17)18-3/h4H,5-6H2,1-3H3,(H,12,13,15). The zero-order valence-corrected chi connectivity index (χ0v) is 11.7. The number of ether oxygens (including phenoxy) is 1. The van der Waals surface area contributed by atoms with Crippen molar-refractivity contribution >= 4 is 23.6 Å². The Labute approximate surface area is 114 Å². The normalized spacial score (nSPS) is 10.1. The minimum atomic E-state index is -0.474. The molecule has 1 aromatic rings. The Morgan fingerprint density at radius 2 is 2.16 bits per heavy atom. The first-order valence-electron chi connectivity index (χ1n) is 5.42. The molecule has 0 aliphatic carbocycles. The average molecular weight is 285 g/mol. The number of esters is 1. The molecule has 1 rings (SSSR count). The number of hydrogen-bond acceptors (Lipinski definition) is 6. The van der Waals surface area contributed by atoms with Gasteiger partial charge >= 0.3 is 5.97 Å². The summed E-state index contributed by atoms with van der Waals surface area (Å²) in [6.45, 7) is 0. The lowest BCUT2D eigenvalue weighted by atomic mass is 10.3. The molecule has 0 saturated carbocycles. The van der Waals surface area contributed by atoms with Gasteiger partial charge in [-0.25, -0.2) is 4.98 Å². The minimum Gasteiger partial charge on any atom is -0.469 e. The summed E-state index contributed by atoms with van der Waals surface area (Å²) in [6, 6.07) is 1.23. The van der Waals surface area contributed by atoms with Crippen molar-refractivity contribution in [3.05, 3.63) is 22.1 Å². The van der Waals surface area contributed by atoms with Crippen LogP contribution >= 0.6 is 11.8 Å². The van der Waals surface area contributed by atoms with E-state index in [0.29, 0.717) is 10.9 Å². The Bertz CT molecular complexity index is 527. The zero-order valence-electron chi connectivity index (χ0n) is 10.9. The third-order valence-electron chi connectivity index (χ3n) is 2.16. The van der Waals surface area contributed by atoms with Crippen molar-refractivity contribution in [2.45, 2.75) is 11.6 Å². The van der Waals surface area contributed by atoms with E-state index in [0.717, 1.165) is 11.8 Å². The van der Waals surface area contributed by atoms with E-state index in [1.807, 2.05) is 0 Å². The van der Waals surface area contributed by atoms with Crippen LogP contribution in [-0.2, 0) is 20.7 Å². The van der Waals surface area contributed by atoms with Crippen LogP contribution in [0, 0.1) is 0 Å². The van der Waals surface area contributed by atoms with Crippen molar-refractivity contribution < 1.29 is 14.3 Å². The molecule has 1 amide bonds. The van der Waals surface area contributed by atoms with Crippen LogP contribution in [0.15, 0.2) is 16.0 Å². The lowest BCUT2D eigenvalue weighted by Crippen LogP contribution is -2.24. The van der Waals surface area contributed by atoms with Gasteiger partial charge < -0.3 is 14.6 Å². The summed E-state index contributed by atoms with van der Waals surface area (Å²) in [5.41, 5.74) is -0.0518. The largest absolute Gasteiger partial charge is 0.469 e. The number of nitrogens with one attached hydrogen (secondary N) is 1. The number of H-pyrrole nitrogens is 1. The van der Waals surface area contributed by atoms with Gasteiger partial charge in [-0.15, -0.1) is 0 Å². The fourth-order valence-corrected chi connectivity index (χ4v) is 1.99. The van der Waals surface area contributed by atoms with Gasteiger partial charge in [-0.1, -0.05) is 11.8 Å². The molecule has 0 fully saturated rings. The molecule has 0 unspecified atom stereocenters. The molecule has 1 heterocycles. The van der Waals surface area contributed by atoms with Crippen molar-refractivity contribution in [2.24, 2.45) is 0 Å². The number of carbonyl (C=O) groups is 2. The maximum absolute atomic E-state index is 11.4. The maximum atomic E-state index is 11.4. The van der Waals surface area contributed by atoms with Gasteiger partial charge in [-0.2, -0.15) is 0 Å². The highest BCUT2D eigenvalue weighted by atomic mass is 32.2. The van der Waals surface area contributed by atoms with Crippen LogP contribution in [0.5, 0.6) is 0 Å². The van der Waals surface area contributed by atoms with Crippen molar-refractivity contribution in [2.75, 3.05) is 27.0 Å². The second-order valence-electron chi connectivity index (χ2n) is 3.87. The van der Waals surface area contributed by atoms with E-state index in [1.165, 1.54) is 18.1 Å². The topological polar surface area (TPSA) is 92.4 Å².